The highest BCUT2D eigenvalue weighted by Gasteiger charge is 2.24. The molecule has 3 aromatic rings. The van der Waals surface area contributed by atoms with Crippen molar-refractivity contribution < 1.29 is 47.7 Å². The molecule has 0 bridgehead atoms. The Kier molecular flexibility index (Phi) is 20.2. The summed E-state index contributed by atoms with van der Waals surface area (Å²) >= 11 is 13.9. The van der Waals surface area contributed by atoms with Crippen LogP contribution < -0.4 is 19.9 Å². The first kappa shape index (κ1) is 47.1. The number of fused-ring (bicyclic) bond motifs is 1. The number of benzene rings is 2. The van der Waals surface area contributed by atoms with E-state index in [0.717, 1.165) is 65.2 Å². The molecule has 1 aliphatic rings. The van der Waals surface area contributed by atoms with Gasteiger partial charge >= 0.3 is 24.4 Å². The van der Waals surface area contributed by atoms with Crippen LogP contribution >= 0.6 is 53.9 Å². The van der Waals surface area contributed by atoms with Gasteiger partial charge in [-0.1, -0.05) is 36.7 Å². The number of aryl methyl sites for hydroxylation is 2. The summed E-state index contributed by atoms with van der Waals surface area (Å²) in [5.41, 5.74) is 3.29. The Balaban J connectivity index is 0.000000308. The minimum absolute atomic E-state index is 0.0223. The fraction of sp³-hybridized carbons (Fsp3) is 0.485. The largest absolute Gasteiger partial charge is 0.480 e. The molecule has 0 spiro atoms. The Hall–Kier alpha value is -3.06. The molecule has 0 radical (unpaired) electrons. The van der Waals surface area contributed by atoms with Crippen molar-refractivity contribution in [3.05, 3.63) is 66.8 Å². The first-order chi connectivity index (χ1) is 25.5. The summed E-state index contributed by atoms with van der Waals surface area (Å²) in [5.74, 6) is -2.18. The molecule has 1 aromatic heterocycles. The van der Waals surface area contributed by atoms with Crippen molar-refractivity contribution in [2.75, 3.05) is 50.2 Å². The van der Waals surface area contributed by atoms with Gasteiger partial charge in [-0.05, 0) is 67.7 Å². The van der Waals surface area contributed by atoms with Gasteiger partial charge in [0.05, 0.1) is 49.1 Å². The fourth-order valence-electron chi connectivity index (χ4n) is 5.06. The highest BCUT2D eigenvalue weighted by molar-refractivity contribution is 8.00. The number of anilines is 1. The van der Waals surface area contributed by atoms with Crippen molar-refractivity contribution >= 4 is 83.1 Å². The van der Waals surface area contributed by atoms with Gasteiger partial charge in [-0.3, -0.25) is 33.7 Å². The third-order valence-electron chi connectivity index (χ3n) is 7.45. The van der Waals surface area contributed by atoms with Crippen LogP contribution in [0.15, 0.2) is 45.0 Å². The molecule has 2 heterocycles. The lowest BCUT2D eigenvalue weighted by molar-refractivity contribution is -0.137. The first-order valence-electron chi connectivity index (χ1n) is 16.4. The molecule has 2 aromatic carbocycles. The number of carboxylic acid groups (broad SMARTS) is 1. The molecule has 1 aliphatic heterocycles. The monoisotopic (exact) mass is 855 g/mol. The van der Waals surface area contributed by atoms with E-state index in [1.54, 1.807) is 21.4 Å². The molecule has 0 fully saturated rings. The number of para-hydroxylation sites is 1. The zero-order chi connectivity index (χ0) is 40.6. The number of nitrogens with zero attached hydrogens (tertiary/aromatic N) is 4. The lowest BCUT2D eigenvalue weighted by atomic mass is 10.0. The summed E-state index contributed by atoms with van der Waals surface area (Å²) in [4.78, 5) is 68.6. The summed E-state index contributed by atoms with van der Waals surface area (Å²) < 4.78 is 37.5. The van der Waals surface area contributed by atoms with Gasteiger partial charge in [0.2, 0.25) is 10.7 Å². The Morgan fingerprint density at radius 1 is 1.19 bits per heavy atom. The van der Waals surface area contributed by atoms with Crippen LogP contribution in [0.2, 0.25) is 5.02 Å². The zero-order valence-corrected chi connectivity index (χ0v) is 34.5. The molecule has 15 nitrogen and oxygen atoms in total. The number of methoxy groups -OCH3 is 2. The number of hydrogen-bond acceptors (Lipinski definition) is 11. The minimum atomic E-state index is -4.10. The van der Waals surface area contributed by atoms with Gasteiger partial charge in [-0.15, -0.1) is 23.4 Å². The van der Waals surface area contributed by atoms with Crippen LogP contribution in [0.25, 0.3) is 0 Å². The number of hydrogen-bond donors (Lipinski definition) is 4. The van der Waals surface area contributed by atoms with Crippen molar-refractivity contribution in [1.82, 2.24) is 14.7 Å². The number of amides is 1. The van der Waals surface area contributed by atoms with Gasteiger partial charge in [0, 0.05) is 25.1 Å². The van der Waals surface area contributed by atoms with Crippen LogP contribution in [0.3, 0.4) is 0 Å². The van der Waals surface area contributed by atoms with Gasteiger partial charge in [0.1, 0.15) is 17.4 Å². The molecule has 4 N–H and O–H groups in total. The Morgan fingerprint density at radius 2 is 1.85 bits per heavy atom. The fourth-order valence-corrected chi connectivity index (χ4v) is 7.58. The van der Waals surface area contributed by atoms with Crippen LogP contribution in [-0.2, 0) is 47.9 Å². The SMILES string of the molecule is CCc1cccc(C)c1N(C(=O)CCl)C(C)COC.COC(=O)CSc1cc(N=c2sc(=O)n3n2CCCC3)c(F)cc1Cl.O=C(O)CNCP(=O)(O)O. The number of aliphatic carboxylic acids is 1. The number of nitrogens with one attached hydrogen (secondary N) is 1. The summed E-state index contributed by atoms with van der Waals surface area (Å²) in [7, 11) is -1.16. The number of esters is 1. The molecule has 54 heavy (non-hydrogen) atoms. The molecule has 300 valence electrons. The highest BCUT2D eigenvalue weighted by Crippen LogP contribution is 2.34. The van der Waals surface area contributed by atoms with Gasteiger partial charge in [0.15, 0.2) is 0 Å². The number of halogens is 3. The van der Waals surface area contributed by atoms with Crippen LogP contribution in [0, 0.1) is 12.7 Å². The Morgan fingerprint density at radius 3 is 2.43 bits per heavy atom. The molecule has 1 amide bonds. The number of carbonyl (C=O) groups excluding carboxylic acids is 2. The van der Waals surface area contributed by atoms with E-state index >= 15 is 0 Å². The molecule has 21 heteroatoms. The molecular weight excluding hydrogens is 811 g/mol. The summed E-state index contributed by atoms with van der Waals surface area (Å²) in [6, 6.07) is 8.69. The lowest BCUT2D eigenvalue weighted by Gasteiger charge is -2.31. The maximum absolute atomic E-state index is 14.3. The third kappa shape index (κ3) is 14.9. The van der Waals surface area contributed by atoms with E-state index in [1.165, 1.54) is 13.2 Å². The molecule has 1 atom stereocenters. The Labute approximate surface area is 330 Å². The van der Waals surface area contributed by atoms with Crippen LogP contribution in [0.1, 0.15) is 37.8 Å². The van der Waals surface area contributed by atoms with Gasteiger partial charge in [0.25, 0.3) is 0 Å². The molecular formula is C33H45Cl2FN5O10PS2. The van der Waals surface area contributed by atoms with Crippen LogP contribution in [0.4, 0.5) is 15.8 Å². The van der Waals surface area contributed by atoms with Crippen molar-refractivity contribution in [1.29, 1.82) is 0 Å². The average Bonchev–Trinajstić information content (AvgIpc) is 3.43. The standard InChI is InChI=1S/C15H15ClFN3O3S2.C15H22ClNO2.C3H8NO5P/c1-23-13(21)8-24-12-7-11(10(17)6-9(12)16)18-14-19-4-2-3-5-20(19)15(22)25-14;1-5-13-8-6-7-11(2)15(13)17(14(18)9-16)12(3)10-19-4;5-3(6)1-4-2-10(7,8)9/h6-7H,2-5,8H2,1H3;6-8,12H,5,9-10H2,1-4H3;4H,1-2H2,(H,5,6)(H2,7,8,9). The van der Waals surface area contributed by atoms with E-state index in [2.05, 4.69) is 28.0 Å². The first-order valence-corrected chi connectivity index (χ1v) is 21.0. The normalized spacial score (nSPS) is 13.1. The van der Waals surface area contributed by atoms with Gasteiger partial charge < -0.3 is 29.3 Å². The van der Waals surface area contributed by atoms with Gasteiger partial charge in [-0.25, -0.2) is 14.1 Å². The number of rotatable bonds is 14. The second-order valence-electron chi connectivity index (χ2n) is 11.6. The van der Waals surface area contributed by atoms with E-state index in [9.17, 15) is 28.1 Å². The summed E-state index contributed by atoms with van der Waals surface area (Å²) in [5, 5.41) is 10.3. The zero-order valence-electron chi connectivity index (χ0n) is 30.4. The second-order valence-corrected chi connectivity index (χ2v) is 15.9. The van der Waals surface area contributed by atoms with E-state index in [-0.39, 0.29) is 39.2 Å². The molecule has 0 aliphatic carbocycles. The quantitative estimate of drug-likeness (QED) is 0.0752. The van der Waals surface area contributed by atoms with Crippen molar-refractivity contribution in [3.63, 3.8) is 0 Å². The van der Waals surface area contributed by atoms with Crippen molar-refractivity contribution in [2.45, 2.75) is 64.1 Å². The lowest BCUT2D eigenvalue weighted by Crippen LogP contribution is -2.43. The molecule has 0 saturated heterocycles. The topological polar surface area (TPSA) is 202 Å². The van der Waals surface area contributed by atoms with E-state index < -0.39 is 38.2 Å². The van der Waals surface area contributed by atoms with E-state index in [4.69, 9.17) is 42.8 Å². The summed E-state index contributed by atoms with van der Waals surface area (Å²) in [6.07, 6.45) is 2.18. The number of alkyl halides is 1. The van der Waals surface area contributed by atoms with Crippen LogP contribution in [0.5, 0.6) is 0 Å². The predicted molar refractivity (Wildman–Crippen MR) is 208 cm³/mol. The maximum Gasteiger partial charge on any atom is 0.339 e. The second kappa shape index (κ2) is 23.1. The smallest absolute Gasteiger partial charge is 0.339 e. The number of aromatic nitrogens is 2. The van der Waals surface area contributed by atoms with E-state index in [1.807, 2.05) is 26.0 Å². The average molecular weight is 857 g/mol. The molecule has 4 rings (SSSR count). The molecule has 1 unspecified atom stereocenters. The van der Waals surface area contributed by atoms with Gasteiger partial charge in [-0.2, -0.15) is 0 Å². The minimum Gasteiger partial charge on any atom is -0.480 e. The third-order valence-corrected chi connectivity index (χ3v) is 10.6. The number of carboxylic acids is 1. The Bertz CT molecular complexity index is 1920. The molecule has 0 saturated carbocycles. The van der Waals surface area contributed by atoms with Crippen molar-refractivity contribution in [2.24, 2.45) is 4.99 Å². The van der Waals surface area contributed by atoms with Crippen molar-refractivity contribution in [3.8, 4) is 0 Å². The summed E-state index contributed by atoms with van der Waals surface area (Å²) in [6.45, 7) is 7.45. The van der Waals surface area contributed by atoms with E-state index in [0.29, 0.717) is 29.4 Å². The predicted octanol–water partition coefficient (Wildman–Crippen LogP) is 4.76. The number of thioether (sulfide) groups is 1. The number of ether oxygens (including phenoxy) is 2. The maximum atomic E-state index is 14.3. The number of carbonyl (C=O) groups is 3. The van der Waals surface area contributed by atoms with Crippen LogP contribution in [-0.4, -0.2) is 93.4 Å². The highest BCUT2D eigenvalue weighted by atomic mass is 35.5.